The monoisotopic (exact) mass is 375 g/mol. The molecule has 1 atom stereocenters. The molecule has 0 spiro atoms. The fraction of sp³-hybridized carbons (Fsp3) is 0.412. The maximum absolute atomic E-state index is 12.4. The number of thioether (sulfide) groups is 1. The number of hydrogen-bond donors (Lipinski definition) is 2. The minimum absolute atomic E-state index is 0.0308. The average molecular weight is 375 g/mol. The Balaban J connectivity index is 1.55. The topological polar surface area (TPSA) is 114 Å². The SMILES string of the molecule is COc1ccc(-c2nc(SCC(=O)N3CCC[C@H](C(N)=O)C3)n[nH]2)cc1. The van der Waals surface area contributed by atoms with Gasteiger partial charge >= 0.3 is 0 Å². The Hall–Kier alpha value is -2.55. The van der Waals surface area contributed by atoms with Crippen molar-refractivity contribution in [1.82, 2.24) is 20.1 Å². The minimum Gasteiger partial charge on any atom is -0.497 e. The summed E-state index contributed by atoms with van der Waals surface area (Å²) in [4.78, 5) is 29.8. The zero-order valence-corrected chi connectivity index (χ0v) is 15.3. The highest BCUT2D eigenvalue weighted by Crippen LogP contribution is 2.23. The van der Waals surface area contributed by atoms with E-state index >= 15 is 0 Å². The molecule has 2 amide bonds. The number of aromatic amines is 1. The van der Waals surface area contributed by atoms with E-state index in [0.29, 0.717) is 24.1 Å². The summed E-state index contributed by atoms with van der Waals surface area (Å²) < 4.78 is 5.13. The fourth-order valence-corrected chi connectivity index (χ4v) is 3.54. The van der Waals surface area contributed by atoms with Crippen LogP contribution in [-0.2, 0) is 9.59 Å². The second-order valence-electron chi connectivity index (χ2n) is 6.07. The first-order valence-corrected chi connectivity index (χ1v) is 9.32. The number of ether oxygens (including phenoxy) is 1. The third-order valence-electron chi connectivity index (χ3n) is 4.33. The van der Waals surface area contributed by atoms with Gasteiger partial charge in [-0.15, -0.1) is 5.10 Å². The molecule has 0 unspecified atom stereocenters. The number of likely N-dealkylation sites (tertiary alicyclic amines) is 1. The zero-order valence-electron chi connectivity index (χ0n) is 14.5. The Kier molecular flexibility index (Phi) is 5.77. The lowest BCUT2D eigenvalue weighted by molar-refractivity contribution is -0.132. The summed E-state index contributed by atoms with van der Waals surface area (Å²) in [5.74, 6) is 1.01. The van der Waals surface area contributed by atoms with Crippen LogP contribution in [0, 0.1) is 5.92 Å². The van der Waals surface area contributed by atoms with Gasteiger partial charge in [-0.2, -0.15) is 0 Å². The van der Waals surface area contributed by atoms with Crippen LogP contribution in [0.1, 0.15) is 12.8 Å². The highest BCUT2D eigenvalue weighted by atomic mass is 32.2. The normalized spacial score (nSPS) is 17.1. The van der Waals surface area contributed by atoms with Gasteiger partial charge in [-0.25, -0.2) is 4.98 Å². The largest absolute Gasteiger partial charge is 0.497 e. The molecule has 9 heteroatoms. The van der Waals surface area contributed by atoms with Crippen molar-refractivity contribution < 1.29 is 14.3 Å². The highest BCUT2D eigenvalue weighted by Gasteiger charge is 2.27. The molecule has 2 heterocycles. The summed E-state index contributed by atoms with van der Waals surface area (Å²) in [5, 5.41) is 7.53. The number of methoxy groups -OCH3 is 1. The Bertz CT molecular complexity index is 777. The number of nitrogens with zero attached hydrogens (tertiary/aromatic N) is 3. The number of rotatable bonds is 6. The van der Waals surface area contributed by atoms with Gasteiger partial charge in [-0.1, -0.05) is 11.8 Å². The van der Waals surface area contributed by atoms with Gasteiger partial charge in [-0.3, -0.25) is 14.7 Å². The van der Waals surface area contributed by atoms with Gasteiger partial charge in [0, 0.05) is 18.7 Å². The standard InChI is InChI=1S/C17H21N5O3S/c1-25-13-6-4-11(5-7-13)16-19-17(21-20-16)26-10-14(23)22-8-2-3-12(9-22)15(18)24/h4-7,12H,2-3,8-10H2,1H3,(H2,18,24)(H,19,20,21)/t12-/m0/s1. The Morgan fingerprint density at radius 2 is 2.15 bits per heavy atom. The number of amides is 2. The molecule has 3 N–H and O–H groups in total. The maximum atomic E-state index is 12.4. The molecule has 0 aliphatic carbocycles. The first-order chi connectivity index (χ1) is 12.6. The second-order valence-corrected chi connectivity index (χ2v) is 7.01. The molecular formula is C17H21N5O3S. The molecule has 138 valence electrons. The van der Waals surface area contributed by atoms with Crippen molar-refractivity contribution in [2.75, 3.05) is 26.0 Å². The van der Waals surface area contributed by atoms with E-state index in [1.54, 1.807) is 12.0 Å². The number of nitrogens with one attached hydrogen (secondary N) is 1. The number of piperidine rings is 1. The van der Waals surface area contributed by atoms with Gasteiger partial charge in [0.1, 0.15) is 5.75 Å². The van der Waals surface area contributed by atoms with E-state index in [-0.39, 0.29) is 23.5 Å². The predicted octanol–water partition coefficient (Wildman–Crippen LogP) is 1.30. The smallest absolute Gasteiger partial charge is 0.233 e. The Morgan fingerprint density at radius 3 is 2.85 bits per heavy atom. The molecule has 26 heavy (non-hydrogen) atoms. The Morgan fingerprint density at radius 1 is 1.38 bits per heavy atom. The lowest BCUT2D eigenvalue weighted by Gasteiger charge is -2.31. The van der Waals surface area contributed by atoms with Crippen LogP contribution in [0.5, 0.6) is 5.75 Å². The van der Waals surface area contributed by atoms with Gasteiger partial charge in [-0.05, 0) is 37.1 Å². The van der Waals surface area contributed by atoms with Crippen LogP contribution in [0.25, 0.3) is 11.4 Å². The number of carbonyl (C=O) groups is 2. The van der Waals surface area contributed by atoms with Crippen molar-refractivity contribution in [3.8, 4) is 17.1 Å². The molecule has 1 saturated heterocycles. The van der Waals surface area contributed by atoms with Gasteiger partial charge in [0.25, 0.3) is 0 Å². The summed E-state index contributed by atoms with van der Waals surface area (Å²) in [6.07, 6.45) is 1.55. The highest BCUT2D eigenvalue weighted by molar-refractivity contribution is 7.99. The number of H-pyrrole nitrogens is 1. The maximum Gasteiger partial charge on any atom is 0.233 e. The minimum atomic E-state index is -0.340. The van der Waals surface area contributed by atoms with Gasteiger partial charge in [0.15, 0.2) is 5.82 Å². The van der Waals surface area contributed by atoms with E-state index in [1.807, 2.05) is 24.3 Å². The lowest BCUT2D eigenvalue weighted by atomic mass is 9.97. The van der Waals surface area contributed by atoms with Crippen LogP contribution < -0.4 is 10.5 Å². The van der Waals surface area contributed by atoms with Gasteiger partial charge in [0.05, 0.1) is 18.8 Å². The fourth-order valence-electron chi connectivity index (χ4n) is 2.84. The molecule has 0 bridgehead atoms. The van der Waals surface area contributed by atoms with Gasteiger partial charge in [0.2, 0.25) is 17.0 Å². The quantitative estimate of drug-likeness (QED) is 0.736. The number of hydrogen-bond acceptors (Lipinski definition) is 6. The third kappa shape index (κ3) is 4.34. The molecule has 1 aliphatic heterocycles. The first-order valence-electron chi connectivity index (χ1n) is 8.33. The number of benzene rings is 1. The number of primary amides is 1. The van der Waals surface area contributed by atoms with Crippen molar-refractivity contribution in [3.63, 3.8) is 0 Å². The molecule has 8 nitrogen and oxygen atoms in total. The molecule has 1 aliphatic rings. The van der Waals surface area contributed by atoms with Crippen molar-refractivity contribution in [2.24, 2.45) is 11.7 Å². The van der Waals surface area contributed by atoms with E-state index in [4.69, 9.17) is 10.5 Å². The first kappa shape index (κ1) is 18.2. The van der Waals surface area contributed by atoms with E-state index in [1.165, 1.54) is 11.8 Å². The van der Waals surface area contributed by atoms with Crippen LogP contribution >= 0.6 is 11.8 Å². The average Bonchev–Trinajstić information content (AvgIpc) is 3.15. The molecule has 0 radical (unpaired) electrons. The summed E-state index contributed by atoms with van der Waals surface area (Å²) in [5.41, 5.74) is 6.24. The number of nitrogens with two attached hydrogens (primary N) is 1. The molecule has 1 fully saturated rings. The van der Waals surface area contributed by atoms with E-state index in [0.717, 1.165) is 24.2 Å². The second kappa shape index (κ2) is 8.22. The molecule has 3 rings (SSSR count). The van der Waals surface area contributed by atoms with Crippen LogP contribution in [0.3, 0.4) is 0 Å². The van der Waals surface area contributed by atoms with Crippen LogP contribution in [0.4, 0.5) is 0 Å². The molecular weight excluding hydrogens is 354 g/mol. The van der Waals surface area contributed by atoms with E-state index < -0.39 is 0 Å². The van der Waals surface area contributed by atoms with Crippen LogP contribution in [-0.4, -0.2) is 57.8 Å². The number of aromatic nitrogens is 3. The molecule has 0 saturated carbocycles. The third-order valence-corrected chi connectivity index (χ3v) is 5.16. The zero-order chi connectivity index (χ0) is 18.5. The Labute approximate surface area is 155 Å². The van der Waals surface area contributed by atoms with Crippen molar-refractivity contribution >= 4 is 23.6 Å². The van der Waals surface area contributed by atoms with Crippen molar-refractivity contribution in [3.05, 3.63) is 24.3 Å². The van der Waals surface area contributed by atoms with E-state index in [9.17, 15) is 9.59 Å². The molecule has 1 aromatic heterocycles. The molecule has 1 aromatic carbocycles. The van der Waals surface area contributed by atoms with Crippen molar-refractivity contribution in [1.29, 1.82) is 0 Å². The summed E-state index contributed by atoms with van der Waals surface area (Å²) in [6, 6.07) is 7.46. The van der Waals surface area contributed by atoms with Crippen LogP contribution in [0.2, 0.25) is 0 Å². The molecule has 2 aromatic rings. The van der Waals surface area contributed by atoms with E-state index in [2.05, 4.69) is 15.2 Å². The van der Waals surface area contributed by atoms with Crippen LogP contribution in [0.15, 0.2) is 29.4 Å². The summed E-state index contributed by atoms with van der Waals surface area (Å²) >= 11 is 1.27. The summed E-state index contributed by atoms with van der Waals surface area (Å²) in [6.45, 7) is 1.06. The van der Waals surface area contributed by atoms with Crippen molar-refractivity contribution in [2.45, 2.75) is 18.0 Å². The predicted molar refractivity (Wildman–Crippen MR) is 97.6 cm³/mol. The summed E-state index contributed by atoms with van der Waals surface area (Å²) in [7, 11) is 1.61. The number of carbonyl (C=O) groups excluding carboxylic acids is 2. The van der Waals surface area contributed by atoms with Gasteiger partial charge < -0.3 is 15.4 Å². The lowest BCUT2D eigenvalue weighted by Crippen LogP contribution is -2.44.